The molecule has 0 radical (unpaired) electrons. The summed E-state index contributed by atoms with van der Waals surface area (Å²) in [7, 11) is 0. The molecule has 0 unspecified atom stereocenters. The van der Waals surface area contributed by atoms with Crippen LogP contribution >= 0.6 is 22.6 Å². The van der Waals surface area contributed by atoms with Crippen LogP contribution in [0.25, 0.3) is 6.08 Å². The third kappa shape index (κ3) is 5.42. The first-order valence-corrected chi connectivity index (χ1v) is 10.9. The molecule has 0 bridgehead atoms. The van der Waals surface area contributed by atoms with Gasteiger partial charge >= 0.3 is 5.97 Å². The van der Waals surface area contributed by atoms with Gasteiger partial charge in [-0.05, 0) is 76.7 Å². The van der Waals surface area contributed by atoms with Crippen molar-refractivity contribution in [3.05, 3.63) is 98.8 Å². The standard InChI is InChI=1S/C25H19IN2O4/c1-16(29)27-21-12-8-18(9-13-21)24-28-22(25(30)32-24)14-19-4-2-3-5-23(19)31-15-17-6-10-20(26)11-7-17/h2-14H,15H2,1H3,(H,27,29)/b22-14-. The Labute approximate surface area is 199 Å². The first kappa shape index (κ1) is 21.8. The highest BCUT2D eigenvalue weighted by Gasteiger charge is 2.24. The first-order valence-electron chi connectivity index (χ1n) is 9.85. The monoisotopic (exact) mass is 538 g/mol. The molecule has 1 aliphatic rings. The van der Waals surface area contributed by atoms with Crippen LogP contribution in [0.4, 0.5) is 5.69 Å². The summed E-state index contributed by atoms with van der Waals surface area (Å²) in [5, 5.41) is 2.69. The predicted octanol–water partition coefficient (Wildman–Crippen LogP) is 5.17. The third-order valence-electron chi connectivity index (χ3n) is 4.59. The zero-order chi connectivity index (χ0) is 22.5. The number of esters is 1. The number of anilines is 1. The van der Waals surface area contributed by atoms with E-state index in [1.54, 1.807) is 30.3 Å². The Morgan fingerprint density at radius 2 is 1.78 bits per heavy atom. The van der Waals surface area contributed by atoms with E-state index in [9.17, 15) is 9.59 Å². The molecule has 1 amide bonds. The molecule has 7 heteroatoms. The summed E-state index contributed by atoms with van der Waals surface area (Å²) < 4.78 is 12.5. The Bertz CT molecular complexity index is 1220. The van der Waals surface area contributed by atoms with Crippen molar-refractivity contribution in [2.24, 2.45) is 4.99 Å². The minimum absolute atomic E-state index is 0.157. The average molecular weight is 538 g/mol. The van der Waals surface area contributed by atoms with Crippen molar-refractivity contribution in [1.82, 2.24) is 0 Å². The minimum atomic E-state index is -0.529. The van der Waals surface area contributed by atoms with Gasteiger partial charge in [-0.1, -0.05) is 30.3 Å². The molecule has 3 aromatic carbocycles. The SMILES string of the molecule is CC(=O)Nc1ccc(C2=N/C(=C\c3ccccc3OCc3ccc(I)cc3)C(=O)O2)cc1. The minimum Gasteiger partial charge on any atom is -0.488 e. The van der Waals surface area contributed by atoms with Gasteiger partial charge in [0, 0.05) is 27.3 Å². The molecular formula is C25H19IN2O4. The maximum absolute atomic E-state index is 12.4. The maximum Gasteiger partial charge on any atom is 0.363 e. The summed E-state index contributed by atoms with van der Waals surface area (Å²) >= 11 is 2.26. The zero-order valence-electron chi connectivity index (χ0n) is 17.2. The molecular weight excluding hydrogens is 519 g/mol. The van der Waals surface area contributed by atoms with Gasteiger partial charge in [-0.2, -0.15) is 0 Å². The van der Waals surface area contributed by atoms with E-state index in [-0.39, 0.29) is 17.5 Å². The molecule has 0 fully saturated rings. The molecule has 4 rings (SSSR count). The molecule has 0 aromatic heterocycles. The largest absolute Gasteiger partial charge is 0.488 e. The quantitative estimate of drug-likeness (QED) is 0.267. The summed E-state index contributed by atoms with van der Waals surface area (Å²) in [6.45, 7) is 1.85. The van der Waals surface area contributed by atoms with E-state index in [4.69, 9.17) is 9.47 Å². The smallest absolute Gasteiger partial charge is 0.363 e. The van der Waals surface area contributed by atoms with Crippen LogP contribution in [0.1, 0.15) is 23.6 Å². The van der Waals surface area contributed by atoms with E-state index >= 15 is 0 Å². The van der Waals surface area contributed by atoms with Gasteiger partial charge in [0.1, 0.15) is 12.4 Å². The number of cyclic esters (lactones) is 1. The van der Waals surface area contributed by atoms with Gasteiger partial charge in [-0.15, -0.1) is 0 Å². The number of ether oxygens (including phenoxy) is 2. The number of amides is 1. The molecule has 1 heterocycles. The predicted molar refractivity (Wildman–Crippen MR) is 131 cm³/mol. The Morgan fingerprint density at radius 1 is 1.06 bits per heavy atom. The topological polar surface area (TPSA) is 77.0 Å². The number of nitrogens with one attached hydrogen (secondary N) is 1. The Morgan fingerprint density at radius 3 is 2.50 bits per heavy atom. The van der Waals surface area contributed by atoms with Crippen molar-refractivity contribution in [2.45, 2.75) is 13.5 Å². The van der Waals surface area contributed by atoms with Crippen LogP contribution in [0.5, 0.6) is 5.75 Å². The van der Waals surface area contributed by atoms with Crippen molar-refractivity contribution in [3.8, 4) is 5.75 Å². The zero-order valence-corrected chi connectivity index (χ0v) is 19.3. The Kier molecular flexibility index (Phi) is 6.65. The fraction of sp³-hybridized carbons (Fsp3) is 0.0800. The summed E-state index contributed by atoms with van der Waals surface area (Å²) in [6.07, 6.45) is 1.66. The third-order valence-corrected chi connectivity index (χ3v) is 5.31. The number of hydrogen-bond acceptors (Lipinski definition) is 5. The average Bonchev–Trinajstić information content (AvgIpc) is 3.14. The molecule has 0 aliphatic carbocycles. The summed E-state index contributed by atoms with van der Waals surface area (Å²) in [5.74, 6) is 0.177. The molecule has 32 heavy (non-hydrogen) atoms. The second-order valence-corrected chi connectivity index (χ2v) is 8.29. The van der Waals surface area contributed by atoms with Crippen LogP contribution in [0.2, 0.25) is 0 Å². The van der Waals surface area contributed by atoms with Gasteiger partial charge in [0.05, 0.1) is 0 Å². The maximum atomic E-state index is 12.4. The second kappa shape index (κ2) is 9.78. The molecule has 1 N–H and O–H groups in total. The molecule has 0 saturated carbocycles. The highest BCUT2D eigenvalue weighted by Crippen LogP contribution is 2.26. The van der Waals surface area contributed by atoms with Crippen molar-refractivity contribution in [2.75, 3.05) is 5.32 Å². The van der Waals surface area contributed by atoms with Crippen LogP contribution in [-0.2, 0) is 20.9 Å². The van der Waals surface area contributed by atoms with Crippen LogP contribution in [0.15, 0.2) is 83.5 Å². The lowest BCUT2D eigenvalue weighted by Crippen LogP contribution is -2.07. The lowest BCUT2D eigenvalue weighted by Gasteiger charge is -2.09. The van der Waals surface area contributed by atoms with E-state index < -0.39 is 5.97 Å². The van der Waals surface area contributed by atoms with Crippen LogP contribution < -0.4 is 10.1 Å². The molecule has 0 saturated heterocycles. The first-order chi connectivity index (χ1) is 15.5. The number of nitrogens with zero attached hydrogens (tertiary/aromatic N) is 1. The molecule has 3 aromatic rings. The number of benzene rings is 3. The summed E-state index contributed by atoms with van der Waals surface area (Å²) in [4.78, 5) is 27.9. The van der Waals surface area contributed by atoms with Crippen molar-refractivity contribution in [1.29, 1.82) is 0 Å². The van der Waals surface area contributed by atoms with Crippen molar-refractivity contribution in [3.63, 3.8) is 0 Å². The van der Waals surface area contributed by atoms with Gasteiger partial charge < -0.3 is 14.8 Å². The van der Waals surface area contributed by atoms with Gasteiger partial charge in [-0.3, -0.25) is 4.79 Å². The highest BCUT2D eigenvalue weighted by molar-refractivity contribution is 14.1. The van der Waals surface area contributed by atoms with Gasteiger partial charge in [0.2, 0.25) is 11.8 Å². The number of hydrogen-bond donors (Lipinski definition) is 1. The van der Waals surface area contributed by atoms with Gasteiger partial charge in [0.25, 0.3) is 0 Å². The van der Waals surface area contributed by atoms with Crippen molar-refractivity contribution >= 4 is 52.1 Å². The molecule has 160 valence electrons. The summed E-state index contributed by atoms with van der Waals surface area (Å²) in [6, 6.07) is 22.5. The normalized spacial score (nSPS) is 14.1. The number of halogens is 1. The fourth-order valence-electron chi connectivity index (χ4n) is 3.05. The number of carbonyl (C=O) groups excluding carboxylic acids is 2. The van der Waals surface area contributed by atoms with E-state index in [0.29, 0.717) is 23.6 Å². The van der Waals surface area contributed by atoms with E-state index in [0.717, 1.165) is 14.7 Å². The number of aliphatic imine (C=N–C) groups is 1. The summed E-state index contributed by atoms with van der Waals surface area (Å²) in [5.41, 5.74) is 3.27. The van der Waals surface area contributed by atoms with Crippen LogP contribution in [-0.4, -0.2) is 17.8 Å². The lowest BCUT2D eigenvalue weighted by molar-refractivity contribution is -0.129. The van der Waals surface area contributed by atoms with E-state index in [1.807, 2.05) is 48.5 Å². The molecule has 0 atom stereocenters. The van der Waals surface area contributed by atoms with Crippen LogP contribution in [0, 0.1) is 3.57 Å². The molecule has 1 aliphatic heterocycles. The van der Waals surface area contributed by atoms with Gasteiger partial charge in [-0.25, -0.2) is 9.79 Å². The second-order valence-electron chi connectivity index (χ2n) is 7.05. The number of para-hydroxylation sites is 1. The van der Waals surface area contributed by atoms with Gasteiger partial charge in [0.15, 0.2) is 5.70 Å². The molecule has 0 spiro atoms. The number of carbonyl (C=O) groups is 2. The highest BCUT2D eigenvalue weighted by atomic mass is 127. The Hall–Kier alpha value is -3.46. The lowest BCUT2D eigenvalue weighted by atomic mass is 10.1. The van der Waals surface area contributed by atoms with Crippen molar-refractivity contribution < 1.29 is 19.1 Å². The van der Waals surface area contributed by atoms with Crippen LogP contribution in [0.3, 0.4) is 0 Å². The Balaban J connectivity index is 1.53. The van der Waals surface area contributed by atoms with E-state index in [2.05, 4.69) is 32.9 Å². The number of rotatable bonds is 6. The molecule has 6 nitrogen and oxygen atoms in total. The van der Waals surface area contributed by atoms with E-state index in [1.165, 1.54) is 6.92 Å². The fourth-order valence-corrected chi connectivity index (χ4v) is 3.41.